The first-order chi connectivity index (χ1) is 8.20. The van der Waals surface area contributed by atoms with Gasteiger partial charge in [0.1, 0.15) is 11.3 Å². The van der Waals surface area contributed by atoms with E-state index >= 15 is 0 Å². The molecule has 0 aliphatic carbocycles. The molecule has 88 valence electrons. The number of fused-ring (bicyclic) bond motifs is 1. The lowest BCUT2D eigenvalue weighted by atomic mass is 10.2. The third-order valence-electron chi connectivity index (χ3n) is 2.44. The molecule has 3 nitrogen and oxygen atoms in total. The zero-order valence-corrected chi connectivity index (χ0v) is 9.90. The number of para-hydroxylation sites is 1. The van der Waals surface area contributed by atoms with Gasteiger partial charge in [0.05, 0.1) is 6.61 Å². The lowest BCUT2D eigenvalue weighted by Gasteiger charge is -1.97. The van der Waals surface area contributed by atoms with Gasteiger partial charge in [0.25, 0.3) is 0 Å². The number of carbonyl (C=O) groups excluding carboxylic acids is 1. The molecule has 0 atom stereocenters. The minimum absolute atomic E-state index is 0.342. The molecule has 0 amide bonds. The first-order valence-electron chi connectivity index (χ1n) is 5.54. The Bertz CT molecular complexity index is 531. The fraction of sp³-hybridized carbons (Fsp3) is 0.214. The number of furan rings is 1. The molecular weight excluding hydrogens is 216 g/mol. The molecule has 0 radical (unpaired) electrons. The van der Waals surface area contributed by atoms with E-state index in [9.17, 15) is 4.79 Å². The number of hydrogen-bond acceptors (Lipinski definition) is 3. The maximum absolute atomic E-state index is 11.3. The molecule has 0 aliphatic rings. The Balaban J connectivity index is 2.30. The average molecular weight is 230 g/mol. The number of carbonyl (C=O) groups is 1. The Labute approximate surface area is 99.7 Å². The predicted molar refractivity (Wildman–Crippen MR) is 66.5 cm³/mol. The molecule has 0 N–H and O–H groups in total. The van der Waals surface area contributed by atoms with Crippen molar-refractivity contribution in [1.82, 2.24) is 0 Å². The lowest BCUT2D eigenvalue weighted by Crippen LogP contribution is -1.99. The Morgan fingerprint density at radius 3 is 2.88 bits per heavy atom. The van der Waals surface area contributed by atoms with Crippen LogP contribution in [0.4, 0.5) is 0 Å². The Hall–Kier alpha value is -2.03. The van der Waals surface area contributed by atoms with Crippen LogP contribution in [0.3, 0.4) is 0 Å². The molecule has 2 rings (SSSR count). The van der Waals surface area contributed by atoms with Gasteiger partial charge in [0.15, 0.2) is 0 Å². The fourth-order valence-electron chi connectivity index (χ4n) is 1.61. The van der Waals surface area contributed by atoms with Crippen LogP contribution in [0.1, 0.15) is 19.6 Å². The van der Waals surface area contributed by atoms with Crippen molar-refractivity contribution in [3.63, 3.8) is 0 Å². The van der Waals surface area contributed by atoms with E-state index in [4.69, 9.17) is 9.15 Å². The summed E-state index contributed by atoms with van der Waals surface area (Å²) in [4.78, 5) is 11.3. The van der Waals surface area contributed by atoms with Crippen LogP contribution in [0, 0.1) is 0 Å². The van der Waals surface area contributed by atoms with Crippen LogP contribution in [0.5, 0.6) is 0 Å². The van der Waals surface area contributed by atoms with Gasteiger partial charge in [0.2, 0.25) is 0 Å². The molecule has 0 bridgehead atoms. The number of benzene rings is 1. The maximum Gasteiger partial charge on any atom is 0.331 e. The topological polar surface area (TPSA) is 39.4 Å². The third-order valence-corrected chi connectivity index (χ3v) is 2.44. The highest BCUT2D eigenvalue weighted by Crippen LogP contribution is 2.24. The normalized spacial score (nSPS) is 11.8. The van der Waals surface area contributed by atoms with E-state index in [0.29, 0.717) is 12.4 Å². The van der Waals surface area contributed by atoms with Gasteiger partial charge in [-0.2, -0.15) is 0 Å². The molecule has 2 aromatic rings. The minimum atomic E-state index is -0.342. The van der Waals surface area contributed by atoms with E-state index in [2.05, 4.69) is 0 Å². The highest BCUT2D eigenvalue weighted by molar-refractivity contribution is 5.91. The Morgan fingerprint density at radius 2 is 2.18 bits per heavy atom. The van der Waals surface area contributed by atoms with Crippen LogP contribution in [0.15, 0.2) is 40.8 Å². The first-order valence-corrected chi connectivity index (χ1v) is 5.54. The quantitative estimate of drug-likeness (QED) is 0.599. The van der Waals surface area contributed by atoms with Crippen molar-refractivity contribution in [3.8, 4) is 0 Å². The third kappa shape index (κ3) is 2.56. The Kier molecular flexibility index (Phi) is 3.28. The summed E-state index contributed by atoms with van der Waals surface area (Å²) in [6, 6.07) is 9.66. The van der Waals surface area contributed by atoms with Crippen LogP contribution in [-0.4, -0.2) is 12.6 Å². The number of hydrogen-bond donors (Lipinski definition) is 0. The molecule has 3 heteroatoms. The van der Waals surface area contributed by atoms with Crippen LogP contribution < -0.4 is 0 Å². The van der Waals surface area contributed by atoms with Crippen molar-refractivity contribution < 1.29 is 13.9 Å². The van der Waals surface area contributed by atoms with Crippen LogP contribution in [0.25, 0.3) is 16.5 Å². The van der Waals surface area contributed by atoms with Gasteiger partial charge in [-0.25, -0.2) is 4.79 Å². The molecule has 1 aromatic carbocycles. The SMILES string of the molecule is CCOC(=O)C=C(C)c1cc2ccccc2o1. The molecular formula is C14H14O3. The molecule has 0 aliphatic heterocycles. The summed E-state index contributed by atoms with van der Waals surface area (Å²) in [5.41, 5.74) is 1.58. The summed E-state index contributed by atoms with van der Waals surface area (Å²) in [6.45, 7) is 3.99. The summed E-state index contributed by atoms with van der Waals surface area (Å²) in [5.74, 6) is 0.352. The van der Waals surface area contributed by atoms with Gasteiger partial charge >= 0.3 is 5.97 Å². The second kappa shape index (κ2) is 4.87. The summed E-state index contributed by atoms with van der Waals surface area (Å²) < 4.78 is 10.5. The molecule has 0 saturated carbocycles. The van der Waals surface area contributed by atoms with E-state index in [1.54, 1.807) is 6.92 Å². The van der Waals surface area contributed by atoms with Crippen molar-refractivity contribution in [2.45, 2.75) is 13.8 Å². The van der Waals surface area contributed by atoms with Crippen molar-refractivity contribution in [1.29, 1.82) is 0 Å². The van der Waals surface area contributed by atoms with E-state index < -0.39 is 0 Å². The van der Waals surface area contributed by atoms with Crippen molar-refractivity contribution in [2.75, 3.05) is 6.61 Å². The molecule has 0 unspecified atom stereocenters. The van der Waals surface area contributed by atoms with Crippen molar-refractivity contribution in [3.05, 3.63) is 42.2 Å². The smallest absolute Gasteiger partial charge is 0.331 e. The van der Waals surface area contributed by atoms with E-state index in [1.165, 1.54) is 6.08 Å². The highest BCUT2D eigenvalue weighted by Gasteiger charge is 2.06. The number of esters is 1. The monoisotopic (exact) mass is 230 g/mol. The van der Waals surface area contributed by atoms with Crippen LogP contribution >= 0.6 is 0 Å². The molecule has 0 spiro atoms. The maximum atomic E-state index is 11.3. The standard InChI is InChI=1S/C14H14O3/c1-3-16-14(15)8-10(2)13-9-11-6-4-5-7-12(11)17-13/h4-9H,3H2,1-2H3. The molecule has 17 heavy (non-hydrogen) atoms. The predicted octanol–water partition coefficient (Wildman–Crippen LogP) is 3.40. The van der Waals surface area contributed by atoms with Crippen LogP contribution in [-0.2, 0) is 9.53 Å². The summed E-state index contributed by atoms with van der Waals surface area (Å²) in [5, 5.41) is 1.03. The van der Waals surface area contributed by atoms with E-state index in [0.717, 1.165) is 16.5 Å². The minimum Gasteiger partial charge on any atom is -0.463 e. The Morgan fingerprint density at radius 1 is 1.41 bits per heavy atom. The first kappa shape index (κ1) is 11.5. The summed E-state index contributed by atoms with van der Waals surface area (Å²) in [7, 11) is 0. The van der Waals surface area contributed by atoms with Crippen molar-refractivity contribution in [2.24, 2.45) is 0 Å². The average Bonchev–Trinajstić information content (AvgIpc) is 2.72. The van der Waals surface area contributed by atoms with Gasteiger partial charge in [-0.3, -0.25) is 0 Å². The molecule has 1 aromatic heterocycles. The van der Waals surface area contributed by atoms with Gasteiger partial charge < -0.3 is 9.15 Å². The zero-order chi connectivity index (χ0) is 12.3. The van der Waals surface area contributed by atoms with Gasteiger partial charge in [-0.1, -0.05) is 18.2 Å². The lowest BCUT2D eigenvalue weighted by molar-refractivity contribution is -0.137. The van der Waals surface area contributed by atoms with Crippen molar-refractivity contribution >= 4 is 22.5 Å². The second-order valence-corrected chi connectivity index (χ2v) is 3.73. The number of rotatable bonds is 3. The number of allylic oxidation sites excluding steroid dienone is 1. The summed E-state index contributed by atoms with van der Waals surface area (Å²) in [6.07, 6.45) is 1.45. The van der Waals surface area contributed by atoms with E-state index in [1.807, 2.05) is 37.3 Å². The van der Waals surface area contributed by atoms with E-state index in [-0.39, 0.29) is 5.97 Å². The second-order valence-electron chi connectivity index (χ2n) is 3.73. The summed E-state index contributed by atoms with van der Waals surface area (Å²) >= 11 is 0. The molecule has 0 saturated heterocycles. The largest absolute Gasteiger partial charge is 0.463 e. The number of ether oxygens (including phenoxy) is 1. The van der Waals surface area contributed by atoms with Gasteiger partial charge in [0, 0.05) is 11.5 Å². The molecule has 0 fully saturated rings. The van der Waals surface area contributed by atoms with Gasteiger partial charge in [-0.15, -0.1) is 0 Å². The van der Waals surface area contributed by atoms with Crippen LogP contribution in [0.2, 0.25) is 0 Å². The highest BCUT2D eigenvalue weighted by atomic mass is 16.5. The zero-order valence-electron chi connectivity index (χ0n) is 9.90. The molecule has 1 heterocycles. The fourth-order valence-corrected chi connectivity index (χ4v) is 1.61. The van der Waals surface area contributed by atoms with Gasteiger partial charge in [-0.05, 0) is 31.6 Å².